The maximum absolute atomic E-state index is 12.8. The SMILES string of the molecule is CCOC(=O)c1ccc(S(=O)(=O)N2CCN(C(=O)c3ccc(S(C)=O)cc3)CC2)o1. The summed E-state index contributed by atoms with van der Waals surface area (Å²) in [4.78, 5) is 26.5. The summed E-state index contributed by atoms with van der Waals surface area (Å²) in [6.07, 6.45) is 1.56. The molecule has 162 valence electrons. The third kappa shape index (κ3) is 4.63. The zero-order valence-electron chi connectivity index (χ0n) is 16.6. The van der Waals surface area contributed by atoms with Gasteiger partial charge >= 0.3 is 5.97 Å². The van der Waals surface area contributed by atoms with Crippen molar-refractivity contribution in [2.75, 3.05) is 39.0 Å². The van der Waals surface area contributed by atoms with Crippen LogP contribution in [0.5, 0.6) is 0 Å². The van der Waals surface area contributed by atoms with Gasteiger partial charge in [0.2, 0.25) is 10.9 Å². The highest BCUT2D eigenvalue weighted by Gasteiger charge is 2.33. The lowest BCUT2D eigenvalue weighted by molar-refractivity contribution is 0.0483. The number of furan rings is 1. The van der Waals surface area contributed by atoms with Crippen molar-refractivity contribution in [2.45, 2.75) is 16.9 Å². The molecule has 1 fully saturated rings. The molecule has 0 spiro atoms. The number of hydrogen-bond acceptors (Lipinski definition) is 7. The molecule has 0 aliphatic carbocycles. The van der Waals surface area contributed by atoms with Crippen LogP contribution in [0.4, 0.5) is 0 Å². The predicted molar refractivity (Wildman–Crippen MR) is 108 cm³/mol. The normalized spacial score (nSPS) is 16.3. The van der Waals surface area contributed by atoms with Gasteiger partial charge in [0.05, 0.1) is 6.61 Å². The van der Waals surface area contributed by atoms with E-state index in [9.17, 15) is 22.2 Å². The van der Waals surface area contributed by atoms with E-state index in [1.54, 1.807) is 42.3 Å². The third-order valence-electron chi connectivity index (χ3n) is 4.61. The molecular formula is C19H22N2O7S2. The lowest BCUT2D eigenvalue weighted by Gasteiger charge is -2.33. The molecule has 2 aromatic rings. The number of nitrogens with zero attached hydrogens (tertiary/aromatic N) is 2. The summed E-state index contributed by atoms with van der Waals surface area (Å²) in [5.74, 6) is -1.13. The molecule has 1 aliphatic rings. The summed E-state index contributed by atoms with van der Waals surface area (Å²) in [5.41, 5.74) is 0.450. The van der Waals surface area contributed by atoms with Crippen LogP contribution in [-0.2, 0) is 25.6 Å². The van der Waals surface area contributed by atoms with Crippen LogP contribution in [0.3, 0.4) is 0 Å². The number of benzene rings is 1. The minimum atomic E-state index is -3.93. The highest BCUT2D eigenvalue weighted by Crippen LogP contribution is 2.21. The van der Waals surface area contributed by atoms with E-state index in [-0.39, 0.29) is 49.5 Å². The number of amides is 1. The smallest absolute Gasteiger partial charge is 0.374 e. The largest absolute Gasteiger partial charge is 0.460 e. The Morgan fingerprint density at radius 3 is 2.27 bits per heavy atom. The van der Waals surface area contributed by atoms with Crippen molar-refractivity contribution in [3.8, 4) is 0 Å². The van der Waals surface area contributed by atoms with Crippen molar-refractivity contribution in [2.24, 2.45) is 0 Å². The Morgan fingerprint density at radius 1 is 1.07 bits per heavy atom. The van der Waals surface area contributed by atoms with E-state index in [4.69, 9.17) is 9.15 Å². The second-order valence-corrected chi connectivity index (χ2v) is 9.76. The fourth-order valence-corrected chi connectivity index (χ4v) is 4.85. The van der Waals surface area contributed by atoms with Gasteiger partial charge in [-0.05, 0) is 43.3 Å². The quantitative estimate of drug-likeness (QED) is 0.605. The van der Waals surface area contributed by atoms with Crippen LogP contribution in [0.25, 0.3) is 0 Å². The Bertz CT molecular complexity index is 1050. The molecule has 0 saturated carbocycles. The molecule has 1 unspecified atom stereocenters. The van der Waals surface area contributed by atoms with Crippen molar-refractivity contribution >= 4 is 32.7 Å². The molecule has 9 nitrogen and oxygen atoms in total. The second kappa shape index (κ2) is 9.11. The number of hydrogen-bond donors (Lipinski definition) is 0. The van der Waals surface area contributed by atoms with E-state index in [2.05, 4.69) is 0 Å². The van der Waals surface area contributed by atoms with Crippen molar-refractivity contribution in [1.82, 2.24) is 9.21 Å². The molecule has 30 heavy (non-hydrogen) atoms. The zero-order chi connectivity index (χ0) is 21.9. The van der Waals surface area contributed by atoms with Gasteiger partial charge in [0, 0.05) is 53.7 Å². The van der Waals surface area contributed by atoms with E-state index in [1.807, 2.05) is 0 Å². The van der Waals surface area contributed by atoms with E-state index in [0.29, 0.717) is 10.5 Å². The molecule has 1 amide bonds. The lowest BCUT2D eigenvalue weighted by atomic mass is 10.2. The number of carbonyl (C=O) groups excluding carboxylic acids is 2. The van der Waals surface area contributed by atoms with Crippen LogP contribution in [0, 0.1) is 0 Å². The number of rotatable bonds is 6. The van der Waals surface area contributed by atoms with Crippen LogP contribution in [0.1, 0.15) is 27.8 Å². The van der Waals surface area contributed by atoms with Crippen LogP contribution >= 0.6 is 0 Å². The second-order valence-electron chi connectivity index (χ2n) is 6.51. The topological polar surface area (TPSA) is 114 Å². The van der Waals surface area contributed by atoms with Crippen LogP contribution in [0.2, 0.25) is 0 Å². The molecule has 2 heterocycles. The summed E-state index contributed by atoms with van der Waals surface area (Å²) in [5, 5.41) is -0.339. The van der Waals surface area contributed by atoms with Gasteiger partial charge < -0.3 is 14.1 Å². The summed E-state index contributed by atoms with van der Waals surface area (Å²) >= 11 is 0. The Labute approximate surface area is 177 Å². The molecule has 11 heteroatoms. The molecule has 3 rings (SSSR count). The van der Waals surface area contributed by atoms with E-state index >= 15 is 0 Å². The van der Waals surface area contributed by atoms with Crippen LogP contribution in [-0.4, -0.2) is 72.7 Å². The van der Waals surface area contributed by atoms with Gasteiger partial charge in [-0.25, -0.2) is 13.2 Å². The summed E-state index contributed by atoms with van der Waals surface area (Å²) in [6, 6.07) is 8.99. The van der Waals surface area contributed by atoms with Crippen molar-refractivity contribution < 1.29 is 31.4 Å². The van der Waals surface area contributed by atoms with Gasteiger partial charge in [-0.2, -0.15) is 4.31 Å². The van der Waals surface area contributed by atoms with Gasteiger partial charge in [0.15, 0.2) is 0 Å². The summed E-state index contributed by atoms with van der Waals surface area (Å²) < 4.78 is 48.2. The van der Waals surface area contributed by atoms with E-state index < -0.39 is 26.8 Å². The van der Waals surface area contributed by atoms with E-state index in [0.717, 1.165) is 0 Å². The van der Waals surface area contributed by atoms with Gasteiger partial charge in [0.1, 0.15) is 0 Å². The Kier molecular flexibility index (Phi) is 6.74. The lowest BCUT2D eigenvalue weighted by Crippen LogP contribution is -2.50. The number of esters is 1. The highest BCUT2D eigenvalue weighted by atomic mass is 32.2. The molecule has 0 N–H and O–H groups in total. The Hall–Kier alpha value is -2.50. The first-order valence-electron chi connectivity index (χ1n) is 9.24. The number of sulfonamides is 1. The third-order valence-corrected chi connectivity index (χ3v) is 7.32. The van der Waals surface area contributed by atoms with E-state index in [1.165, 1.54) is 16.4 Å². The Morgan fingerprint density at radius 2 is 1.70 bits per heavy atom. The maximum atomic E-state index is 12.8. The first kappa shape index (κ1) is 22.2. The zero-order valence-corrected chi connectivity index (χ0v) is 18.2. The van der Waals surface area contributed by atoms with Gasteiger partial charge in [0.25, 0.3) is 15.9 Å². The standard InChI is InChI=1S/C19H22N2O7S2/c1-3-27-19(23)16-8-9-17(28-16)30(25,26)21-12-10-20(11-13-21)18(22)14-4-6-15(7-5-14)29(2)24/h4-9H,3,10-13H2,1-2H3. The monoisotopic (exact) mass is 454 g/mol. The summed E-state index contributed by atoms with van der Waals surface area (Å²) in [6.45, 7) is 2.41. The van der Waals surface area contributed by atoms with Gasteiger partial charge in [-0.1, -0.05) is 0 Å². The fourth-order valence-electron chi connectivity index (χ4n) is 3.00. The van der Waals surface area contributed by atoms with Gasteiger partial charge in [-0.3, -0.25) is 9.00 Å². The highest BCUT2D eigenvalue weighted by molar-refractivity contribution is 7.89. The molecule has 1 aromatic carbocycles. The minimum Gasteiger partial charge on any atom is -0.460 e. The first-order valence-corrected chi connectivity index (χ1v) is 12.2. The first-order chi connectivity index (χ1) is 14.2. The number of piperazine rings is 1. The predicted octanol–water partition coefficient (Wildman–Crippen LogP) is 1.34. The molecule has 1 aliphatic heterocycles. The van der Waals surface area contributed by atoms with Gasteiger partial charge in [-0.15, -0.1) is 0 Å². The molecule has 1 atom stereocenters. The van der Waals surface area contributed by atoms with Crippen LogP contribution in [0.15, 0.2) is 50.8 Å². The Balaban J connectivity index is 1.65. The molecular weight excluding hydrogens is 432 g/mol. The molecule has 0 radical (unpaired) electrons. The fraction of sp³-hybridized carbons (Fsp3) is 0.368. The maximum Gasteiger partial charge on any atom is 0.374 e. The molecule has 0 bridgehead atoms. The van der Waals surface area contributed by atoms with Crippen molar-refractivity contribution in [3.05, 3.63) is 47.7 Å². The molecule has 1 aromatic heterocycles. The number of ether oxygens (including phenoxy) is 1. The average Bonchev–Trinajstić information content (AvgIpc) is 3.25. The molecule has 1 saturated heterocycles. The minimum absolute atomic E-state index is 0.0978. The van der Waals surface area contributed by atoms with Crippen LogP contribution < -0.4 is 0 Å². The summed E-state index contributed by atoms with van der Waals surface area (Å²) in [7, 11) is -5.06. The van der Waals surface area contributed by atoms with Crippen molar-refractivity contribution in [1.29, 1.82) is 0 Å². The van der Waals surface area contributed by atoms with Crippen molar-refractivity contribution in [3.63, 3.8) is 0 Å². The average molecular weight is 455 g/mol. The number of carbonyl (C=O) groups is 2.